The van der Waals surface area contributed by atoms with Gasteiger partial charge in [0.15, 0.2) is 0 Å². The van der Waals surface area contributed by atoms with Gasteiger partial charge < -0.3 is 10.5 Å². The quantitative estimate of drug-likeness (QED) is 0.641. The Hall–Kier alpha value is -1.66. The van der Waals surface area contributed by atoms with Crippen LogP contribution in [-0.2, 0) is 11.3 Å². The molecule has 0 spiro atoms. The number of anilines is 1. The molecule has 0 saturated carbocycles. The van der Waals surface area contributed by atoms with Gasteiger partial charge in [0.1, 0.15) is 18.2 Å². The predicted molar refractivity (Wildman–Crippen MR) is 79.0 cm³/mol. The molecule has 0 heterocycles. The second-order valence-electron chi connectivity index (χ2n) is 4.17. The fourth-order valence-electron chi connectivity index (χ4n) is 1.60. The van der Waals surface area contributed by atoms with Crippen molar-refractivity contribution in [3.05, 3.63) is 62.6 Å². The van der Waals surface area contributed by atoms with Crippen LogP contribution >= 0.6 is 27.5 Å². The highest BCUT2D eigenvalue weighted by Crippen LogP contribution is 2.24. The highest BCUT2D eigenvalue weighted by Gasteiger charge is 2.15. The lowest BCUT2D eigenvalue weighted by atomic mass is 10.2. The minimum absolute atomic E-state index is 0.0522. The number of ether oxygens (including phenoxy) is 1. The summed E-state index contributed by atoms with van der Waals surface area (Å²) in [6, 6.07) is 6.14. The predicted octanol–water partition coefficient (Wildman–Crippen LogP) is 4.32. The van der Waals surface area contributed by atoms with Crippen LogP contribution in [0.2, 0.25) is 5.02 Å². The lowest BCUT2D eigenvalue weighted by molar-refractivity contribution is 0.0468. The average molecular weight is 377 g/mol. The molecule has 21 heavy (non-hydrogen) atoms. The molecule has 2 aromatic carbocycles. The van der Waals surface area contributed by atoms with Crippen LogP contribution in [0.5, 0.6) is 0 Å². The highest BCUT2D eigenvalue weighted by molar-refractivity contribution is 9.10. The van der Waals surface area contributed by atoms with E-state index in [9.17, 15) is 13.6 Å². The van der Waals surface area contributed by atoms with Crippen LogP contribution in [0.1, 0.15) is 15.9 Å². The minimum atomic E-state index is -0.757. The number of hydrogen-bond donors (Lipinski definition) is 1. The van der Waals surface area contributed by atoms with E-state index in [-0.39, 0.29) is 27.9 Å². The molecular weight excluding hydrogens is 368 g/mol. The molecule has 0 aromatic heterocycles. The molecule has 0 radical (unpaired) electrons. The maximum atomic E-state index is 13.5. The summed E-state index contributed by atoms with van der Waals surface area (Å²) in [7, 11) is 0. The van der Waals surface area contributed by atoms with Crippen molar-refractivity contribution in [2.45, 2.75) is 6.61 Å². The Kier molecular flexibility index (Phi) is 4.80. The molecule has 2 aromatic rings. The number of nitrogens with two attached hydrogens (primary N) is 1. The molecule has 0 aliphatic carbocycles. The average Bonchev–Trinajstić information content (AvgIpc) is 2.43. The van der Waals surface area contributed by atoms with Crippen molar-refractivity contribution in [3.63, 3.8) is 0 Å². The molecule has 0 aliphatic rings. The third-order valence-electron chi connectivity index (χ3n) is 2.67. The van der Waals surface area contributed by atoms with Gasteiger partial charge >= 0.3 is 5.97 Å². The normalized spacial score (nSPS) is 10.5. The Labute approximate surface area is 132 Å². The molecule has 110 valence electrons. The summed E-state index contributed by atoms with van der Waals surface area (Å²) in [4.78, 5) is 11.9. The fraction of sp³-hybridized carbons (Fsp3) is 0.0714. The van der Waals surface area contributed by atoms with Crippen molar-refractivity contribution in [1.29, 1.82) is 0 Å². The van der Waals surface area contributed by atoms with E-state index in [0.717, 1.165) is 12.1 Å². The van der Waals surface area contributed by atoms with E-state index in [1.807, 2.05) is 0 Å². The van der Waals surface area contributed by atoms with Gasteiger partial charge in [-0.05, 0) is 46.3 Å². The van der Waals surface area contributed by atoms with Crippen molar-refractivity contribution >= 4 is 39.2 Å². The summed E-state index contributed by atoms with van der Waals surface area (Å²) in [6.07, 6.45) is 0. The standard InChI is InChI=1S/C14H9BrClF2NO2/c15-10-5-12(18)13(19)4-9(10)14(20)21-6-7-3-8(16)1-2-11(7)17/h1-5H,6,19H2. The molecule has 0 aliphatic heterocycles. The van der Waals surface area contributed by atoms with Crippen molar-refractivity contribution in [2.24, 2.45) is 0 Å². The van der Waals surface area contributed by atoms with Crippen molar-refractivity contribution in [3.8, 4) is 0 Å². The van der Waals surface area contributed by atoms with E-state index >= 15 is 0 Å². The number of benzene rings is 2. The lowest BCUT2D eigenvalue weighted by Crippen LogP contribution is -2.08. The minimum Gasteiger partial charge on any atom is -0.457 e. The number of nitrogen functional groups attached to an aromatic ring is 1. The first-order valence-electron chi connectivity index (χ1n) is 5.74. The summed E-state index contributed by atoms with van der Waals surface area (Å²) >= 11 is 8.78. The molecule has 0 amide bonds. The molecule has 0 fully saturated rings. The number of carbonyl (C=O) groups is 1. The second-order valence-corrected chi connectivity index (χ2v) is 5.46. The van der Waals surface area contributed by atoms with Gasteiger partial charge in [-0.3, -0.25) is 0 Å². The van der Waals surface area contributed by atoms with Crippen LogP contribution < -0.4 is 5.73 Å². The van der Waals surface area contributed by atoms with E-state index in [1.54, 1.807) is 0 Å². The van der Waals surface area contributed by atoms with Gasteiger partial charge in [0.05, 0.1) is 11.3 Å². The molecular formula is C14H9BrClF2NO2. The van der Waals surface area contributed by atoms with E-state index in [0.29, 0.717) is 5.02 Å². The van der Waals surface area contributed by atoms with Crippen LogP contribution in [0, 0.1) is 11.6 Å². The van der Waals surface area contributed by atoms with Gasteiger partial charge in [0.2, 0.25) is 0 Å². The lowest BCUT2D eigenvalue weighted by Gasteiger charge is -2.09. The first-order chi connectivity index (χ1) is 9.88. The summed E-state index contributed by atoms with van der Waals surface area (Å²) in [5.74, 6) is -1.95. The number of halogens is 4. The molecule has 2 N–H and O–H groups in total. The van der Waals surface area contributed by atoms with Gasteiger partial charge in [0.25, 0.3) is 0 Å². The van der Waals surface area contributed by atoms with Crippen molar-refractivity contribution in [1.82, 2.24) is 0 Å². The molecule has 0 atom stereocenters. The van der Waals surface area contributed by atoms with Gasteiger partial charge in [-0.2, -0.15) is 0 Å². The van der Waals surface area contributed by atoms with Crippen molar-refractivity contribution in [2.75, 3.05) is 5.73 Å². The zero-order valence-corrected chi connectivity index (χ0v) is 12.8. The molecule has 7 heteroatoms. The number of carbonyl (C=O) groups excluding carboxylic acids is 1. The van der Waals surface area contributed by atoms with Gasteiger partial charge in [-0.25, -0.2) is 13.6 Å². The summed E-state index contributed by atoms with van der Waals surface area (Å²) < 4.78 is 31.9. The Bertz CT molecular complexity index is 710. The summed E-state index contributed by atoms with van der Waals surface area (Å²) in [6.45, 7) is -0.297. The van der Waals surface area contributed by atoms with E-state index < -0.39 is 17.6 Å². The third-order valence-corrected chi connectivity index (χ3v) is 3.56. The fourth-order valence-corrected chi connectivity index (χ4v) is 2.27. The smallest absolute Gasteiger partial charge is 0.339 e. The topological polar surface area (TPSA) is 52.3 Å². The van der Waals surface area contributed by atoms with E-state index in [1.165, 1.54) is 18.2 Å². The maximum Gasteiger partial charge on any atom is 0.339 e. The van der Waals surface area contributed by atoms with Crippen molar-refractivity contribution < 1.29 is 18.3 Å². The maximum absolute atomic E-state index is 13.5. The van der Waals surface area contributed by atoms with Crippen LogP contribution in [0.15, 0.2) is 34.8 Å². The molecule has 2 rings (SSSR count). The van der Waals surface area contributed by atoms with Crippen LogP contribution in [0.25, 0.3) is 0 Å². The number of esters is 1. The Morgan fingerprint density at radius 2 is 1.95 bits per heavy atom. The van der Waals surface area contributed by atoms with Crippen LogP contribution in [0.3, 0.4) is 0 Å². The zero-order valence-electron chi connectivity index (χ0n) is 10.5. The summed E-state index contributed by atoms with van der Waals surface area (Å²) in [5.41, 5.74) is 5.41. The van der Waals surface area contributed by atoms with Gasteiger partial charge in [-0.15, -0.1) is 0 Å². The van der Waals surface area contributed by atoms with E-state index in [2.05, 4.69) is 15.9 Å². The molecule has 0 bridgehead atoms. The van der Waals surface area contributed by atoms with Crippen LogP contribution in [0.4, 0.5) is 14.5 Å². The SMILES string of the molecule is Nc1cc(C(=O)OCc2cc(Cl)ccc2F)c(Br)cc1F. The van der Waals surface area contributed by atoms with Gasteiger partial charge in [-0.1, -0.05) is 11.6 Å². The molecule has 0 saturated heterocycles. The Morgan fingerprint density at radius 1 is 1.24 bits per heavy atom. The first-order valence-corrected chi connectivity index (χ1v) is 6.91. The summed E-state index contributed by atoms with van der Waals surface area (Å²) in [5, 5.41) is 0.328. The molecule has 0 unspecified atom stereocenters. The Morgan fingerprint density at radius 3 is 2.67 bits per heavy atom. The van der Waals surface area contributed by atoms with E-state index in [4.69, 9.17) is 22.1 Å². The number of hydrogen-bond acceptors (Lipinski definition) is 3. The first kappa shape index (κ1) is 15.7. The third kappa shape index (κ3) is 3.71. The Balaban J connectivity index is 2.15. The van der Waals surface area contributed by atoms with Crippen LogP contribution in [-0.4, -0.2) is 5.97 Å². The number of rotatable bonds is 3. The van der Waals surface area contributed by atoms with Gasteiger partial charge in [0, 0.05) is 15.1 Å². The second kappa shape index (κ2) is 6.41. The molecule has 3 nitrogen and oxygen atoms in total. The largest absolute Gasteiger partial charge is 0.457 e. The highest BCUT2D eigenvalue weighted by atomic mass is 79.9. The monoisotopic (exact) mass is 375 g/mol. The zero-order chi connectivity index (χ0) is 15.6.